The highest BCUT2D eigenvalue weighted by molar-refractivity contribution is 5.87. The summed E-state index contributed by atoms with van der Waals surface area (Å²) in [5.74, 6) is 1.48. The third kappa shape index (κ3) is 10.2. The molecule has 3 aromatic heterocycles. The number of carbonyl (C=O) groups is 3. The quantitative estimate of drug-likeness (QED) is 0.0839. The number of benzene rings is 3. The molecule has 14 heteroatoms. The van der Waals surface area contributed by atoms with Gasteiger partial charge in [-0.3, -0.25) is 4.79 Å². The second kappa shape index (κ2) is 20.2. The number of H-pyrrole nitrogens is 2. The van der Waals surface area contributed by atoms with Crippen LogP contribution in [-0.2, 0) is 19.7 Å². The maximum absolute atomic E-state index is 13.7. The second-order valence-corrected chi connectivity index (χ2v) is 20.0. The minimum atomic E-state index is -0.698. The fraction of sp³-hybridized carbons (Fsp3) is 0.400. The largest absolute Gasteiger partial charge is 0.453 e. The number of nitrogens with zero attached hydrogens (tertiary/aromatic N) is 5. The maximum atomic E-state index is 13.7. The predicted molar refractivity (Wildman–Crippen MR) is 270 cm³/mol. The van der Waals surface area contributed by atoms with Crippen molar-refractivity contribution in [2.24, 2.45) is 11.8 Å². The van der Waals surface area contributed by atoms with E-state index in [4.69, 9.17) is 19.4 Å². The lowest BCUT2D eigenvalue weighted by Gasteiger charge is -2.34. The van der Waals surface area contributed by atoms with Gasteiger partial charge in [-0.05, 0) is 89.0 Å². The number of ether oxygens (including phenoxy) is 2. The van der Waals surface area contributed by atoms with Crippen molar-refractivity contribution < 1.29 is 23.9 Å². The number of aromatic nitrogens is 5. The summed E-state index contributed by atoms with van der Waals surface area (Å²) in [7, 11) is 2.68. The molecular formula is C55H67N9O5. The number of nitrogens with one attached hydrogen (secondary N) is 4. The molecule has 2 aliphatic rings. The summed E-state index contributed by atoms with van der Waals surface area (Å²) in [4.78, 5) is 58.9. The molecule has 0 saturated carbocycles. The normalized spacial score (nSPS) is 17.0. The van der Waals surface area contributed by atoms with Gasteiger partial charge in [-0.15, -0.1) is 0 Å². The van der Waals surface area contributed by atoms with Crippen LogP contribution in [0.2, 0.25) is 0 Å². The van der Waals surface area contributed by atoms with Gasteiger partial charge in [0.05, 0.1) is 61.8 Å². The van der Waals surface area contributed by atoms with Gasteiger partial charge in [0.25, 0.3) is 0 Å². The first-order valence-corrected chi connectivity index (χ1v) is 24.1. The van der Waals surface area contributed by atoms with Crippen molar-refractivity contribution in [3.8, 4) is 50.6 Å². The zero-order valence-electron chi connectivity index (χ0n) is 41.4. The lowest BCUT2D eigenvalue weighted by Crippen LogP contribution is -2.51. The molecule has 1 unspecified atom stereocenters. The Morgan fingerprint density at radius 1 is 0.667 bits per heavy atom. The van der Waals surface area contributed by atoms with Crippen LogP contribution in [0.4, 0.5) is 9.59 Å². The topological polar surface area (TPSA) is 162 Å². The van der Waals surface area contributed by atoms with E-state index < -0.39 is 18.2 Å². The van der Waals surface area contributed by atoms with E-state index in [2.05, 4.69) is 156 Å². The van der Waals surface area contributed by atoms with Gasteiger partial charge in [-0.2, -0.15) is 0 Å². The molecule has 2 saturated heterocycles. The van der Waals surface area contributed by atoms with Gasteiger partial charge in [-0.25, -0.2) is 19.6 Å². The molecule has 4 N–H and O–H groups in total. The number of hydrogen-bond acceptors (Lipinski definition) is 8. The summed E-state index contributed by atoms with van der Waals surface area (Å²) < 4.78 is 12.0. The third-order valence-corrected chi connectivity index (χ3v) is 13.7. The molecule has 3 amide bonds. The highest BCUT2D eigenvalue weighted by Gasteiger charge is 2.38. The molecule has 0 spiro atoms. The monoisotopic (exact) mass is 934 g/mol. The van der Waals surface area contributed by atoms with Crippen LogP contribution in [0.15, 0.2) is 110 Å². The number of hydrogen-bond donors (Lipinski definition) is 4. The molecule has 6 aromatic rings. The van der Waals surface area contributed by atoms with Crippen molar-refractivity contribution in [2.45, 2.75) is 104 Å². The number of carbonyl (C=O) groups excluding carboxylic acids is 3. The molecule has 8 rings (SSSR count). The molecule has 362 valence electrons. The predicted octanol–water partition coefficient (Wildman–Crippen LogP) is 11.0. The van der Waals surface area contributed by atoms with Crippen LogP contribution in [0.25, 0.3) is 50.6 Å². The molecular weight excluding hydrogens is 867 g/mol. The van der Waals surface area contributed by atoms with Crippen molar-refractivity contribution in [1.82, 2.24) is 44.9 Å². The number of methoxy groups -OCH3 is 2. The number of amides is 3. The maximum Gasteiger partial charge on any atom is 0.407 e. The summed E-state index contributed by atoms with van der Waals surface area (Å²) in [6.45, 7) is 20.5. The van der Waals surface area contributed by atoms with Crippen LogP contribution in [-0.4, -0.2) is 91.8 Å². The van der Waals surface area contributed by atoms with Crippen LogP contribution in [0.1, 0.15) is 103 Å². The lowest BCUT2D eigenvalue weighted by molar-refractivity contribution is -0.135. The third-order valence-electron chi connectivity index (χ3n) is 13.7. The van der Waals surface area contributed by atoms with E-state index in [-0.39, 0.29) is 41.3 Å². The SMILES string of the molecule is C=C([C@@H](NC(=O)OC)C(C)C)N1CCC[C@H]1c1ncc(-c2ccc(-n3ccc(-c4ccc(-c5cnc(C6CCCN6C(=O)[C@@H](NC(=O)OC)C(C)C)[nH]5)cc4)c3-c3ccc(C(C)(C)C)cc3)cc2)[nH]1. The average molecular weight is 934 g/mol. The Kier molecular flexibility index (Phi) is 14.2. The summed E-state index contributed by atoms with van der Waals surface area (Å²) in [5.41, 5.74) is 11.3. The van der Waals surface area contributed by atoms with Gasteiger partial charge in [0, 0.05) is 36.2 Å². The van der Waals surface area contributed by atoms with Gasteiger partial charge >= 0.3 is 12.2 Å². The lowest BCUT2D eigenvalue weighted by atomic mass is 9.86. The molecule has 69 heavy (non-hydrogen) atoms. The molecule has 0 radical (unpaired) electrons. The minimum Gasteiger partial charge on any atom is -0.453 e. The Bertz CT molecular complexity index is 2600. The van der Waals surface area contributed by atoms with Crippen LogP contribution in [0, 0.1) is 11.8 Å². The van der Waals surface area contributed by atoms with E-state index in [0.717, 1.165) is 100 Å². The highest BCUT2D eigenvalue weighted by atomic mass is 16.5. The number of likely N-dealkylation sites (tertiary alicyclic amines) is 2. The molecule has 0 aliphatic carbocycles. The molecule has 5 heterocycles. The Balaban J connectivity index is 1.04. The van der Waals surface area contributed by atoms with Crippen molar-refractivity contribution in [3.05, 3.63) is 127 Å². The summed E-state index contributed by atoms with van der Waals surface area (Å²) in [6.07, 6.45) is 8.33. The number of imidazole rings is 2. The van der Waals surface area contributed by atoms with Crippen LogP contribution >= 0.6 is 0 Å². The van der Waals surface area contributed by atoms with Crippen molar-refractivity contribution in [1.29, 1.82) is 0 Å². The Labute approximate surface area is 405 Å². The van der Waals surface area contributed by atoms with Gasteiger partial charge in [0.2, 0.25) is 5.91 Å². The first-order chi connectivity index (χ1) is 33.1. The van der Waals surface area contributed by atoms with Crippen molar-refractivity contribution in [3.63, 3.8) is 0 Å². The Morgan fingerprint density at radius 3 is 1.67 bits per heavy atom. The number of alkyl carbamates (subject to hydrolysis) is 2. The zero-order valence-corrected chi connectivity index (χ0v) is 41.4. The van der Waals surface area contributed by atoms with Crippen molar-refractivity contribution in [2.75, 3.05) is 27.3 Å². The van der Waals surface area contributed by atoms with E-state index >= 15 is 0 Å². The molecule has 14 nitrogen and oxygen atoms in total. The van der Waals surface area contributed by atoms with Crippen LogP contribution in [0.5, 0.6) is 0 Å². The molecule has 2 aliphatic heterocycles. The molecule has 2 fully saturated rings. The van der Waals surface area contributed by atoms with E-state index in [1.165, 1.54) is 19.8 Å². The first-order valence-electron chi connectivity index (χ1n) is 24.1. The second-order valence-electron chi connectivity index (χ2n) is 20.0. The molecule has 3 aromatic carbocycles. The van der Waals surface area contributed by atoms with Gasteiger partial charge in [0.1, 0.15) is 17.7 Å². The summed E-state index contributed by atoms with van der Waals surface area (Å²) in [5, 5.41) is 5.70. The smallest absolute Gasteiger partial charge is 0.407 e. The van der Waals surface area contributed by atoms with E-state index in [9.17, 15) is 14.4 Å². The fourth-order valence-corrected chi connectivity index (χ4v) is 9.83. The van der Waals surface area contributed by atoms with Crippen LogP contribution in [0.3, 0.4) is 0 Å². The van der Waals surface area contributed by atoms with Crippen LogP contribution < -0.4 is 10.6 Å². The zero-order chi connectivity index (χ0) is 49.1. The minimum absolute atomic E-state index is 0.0140. The Hall–Kier alpha value is -7.09. The van der Waals surface area contributed by atoms with Crippen molar-refractivity contribution >= 4 is 18.1 Å². The number of rotatable bonds is 14. The molecule has 4 atom stereocenters. The van der Waals surface area contributed by atoms with Gasteiger partial charge < -0.3 is 44.4 Å². The Morgan fingerprint density at radius 2 is 1.14 bits per heavy atom. The van der Waals surface area contributed by atoms with E-state index in [1.54, 1.807) is 0 Å². The van der Waals surface area contributed by atoms with Gasteiger partial charge in [0.15, 0.2) is 0 Å². The highest BCUT2D eigenvalue weighted by Crippen LogP contribution is 2.40. The number of aromatic amines is 2. The summed E-state index contributed by atoms with van der Waals surface area (Å²) in [6, 6.07) is 27.0. The average Bonchev–Trinajstić information content (AvgIpc) is 4.21. The fourth-order valence-electron chi connectivity index (χ4n) is 9.83. The van der Waals surface area contributed by atoms with Gasteiger partial charge in [-0.1, -0.05) is 116 Å². The molecule has 0 bridgehead atoms. The first kappa shape index (κ1) is 48.4. The van der Waals surface area contributed by atoms with E-state index in [1.807, 2.05) is 31.1 Å². The summed E-state index contributed by atoms with van der Waals surface area (Å²) >= 11 is 0. The standard InChI is InChI=1S/C55H67N9O5/c1-33(2)47(60-53(66)68-9)35(5)62-28-11-13-45(62)50-56-32-44(58-50)38-21-25-41(26-22-38)63-30-27-42(49(63)39-19-23-40(24-20-39)55(6,7)8)36-15-17-37(18-16-36)43-31-57-51(59-43)46-14-12-29-64(46)52(65)48(34(3)4)61-54(67)69-10/h15-27,30-34,45-48H,5,11-14,28-29H2,1-4,6-10H3,(H,56,58)(H,57,59)(H,60,66)(H,61,67)/t45-,46?,47-,48-/m0/s1. The van der Waals surface area contributed by atoms with E-state index in [0.29, 0.717) is 6.54 Å².